The second kappa shape index (κ2) is 10.9. The van der Waals surface area contributed by atoms with E-state index in [1.54, 1.807) is 0 Å². The summed E-state index contributed by atoms with van der Waals surface area (Å²) in [5.74, 6) is 0. The van der Waals surface area contributed by atoms with E-state index in [1.165, 1.54) is 32.6 Å². The molecule has 0 heterocycles. The summed E-state index contributed by atoms with van der Waals surface area (Å²) in [7, 11) is -2.26. The van der Waals surface area contributed by atoms with Crippen molar-refractivity contribution in [1.29, 1.82) is 0 Å². The Labute approximate surface area is 212 Å². The Kier molecular flexibility index (Phi) is 7.90. The number of hydrogen-bond acceptors (Lipinski definition) is 1. The van der Waals surface area contributed by atoms with E-state index >= 15 is 0 Å². The summed E-state index contributed by atoms with van der Waals surface area (Å²) in [6, 6.07) is 33.3. The maximum absolute atomic E-state index is 10.2. The van der Waals surface area contributed by atoms with Gasteiger partial charge in [-0.05, 0) is 0 Å². The molecule has 0 aromatic heterocycles. The van der Waals surface area contributed by atoms with Gasteiger partial charge in [-0.3, -0.25) is 0 Å². The number of hydrogen-bond donors (Lipinski definition) is 1. The van der Waals surface area contributed by atoms with Crippen LogP contribution in [-0.2, 0) is 0 Å². The second-order valence-corrected chi connectivity index (χ2v) is 14.6. The van der Waals surface area contributed by atoms with Gasteiger partial charge in [0.15, 0.2) is 0 Å². The molecule has 1 N–H and O–H groups in total. The maximum atomic E-state index is 10.2. The van der Waals surface area contributed by atoms with Crippen LogP contribution in [0.2, 0.25) is 0 Å². The zero-order valence-electron chi connectivity index (χ0n) is 21.5. The summed E-state index contributed by atoms with van der Waals surface area (Å²) in [6.45, 7) is 8.88. The Hall–Kier alpha value is -2.73. The van der Waals surface area contributed by atoms with Crippen LogP contribution in [0, 0.1) is 5.41 Å². The summed E-state index contributed by atoms with van der Waals surface area (Å²) in [6.07, 6.45) is 9.38. The zero-order chi connectivity index (χ0) is 24.9. The summed E-state index contributed by atoms with van der Waals surface area (Å²) in [4.78, 5) is 0. The van der Waals surface area contributed by atoms with Crippen molar-refractivity contribution in [3.63, 3.8) is 0 Å². The average molecular weight is 483 g/mol. The third-order valence-corrected chi connectivity index (χ3v) is 12.3. The van der Waals surface area contributed by atoms with Gasteiger partial charge in [0.2, 0.25) is 0 Å². The molecule has 1 aliphatic rings. The molecule has 0 saturated carbocycles. The van der Waals surface area contributed by atoms with E-state index in [1.807, 2.05) is 0 Å². The first-order valence-electron chi connectivity index (χ1n) is 12.7. The molecular weight excluding hydrogens is 443 g/mol. The second-order valence-electron chi connectivity index (χ2n) is 10.6. The molecule has 0 saturated heterocycles. The normalized spacial score (nSPS) is 19.2. The van der Waals surface area contributed by atoms with Gasteiger partial charge < -0.3 is 0 Å². The van der Waals surface area contributed by atoms with Crippen LogP contribution >= 0.6 is 7.26 Å². The van der Waals surface area contributed by atoms with Crippen LogP contribution in [-0.4, -0.2) is 17.4 Å². The molecule has 0 aliphatic heterocycles. The number of rotatable bonds is 7. The minimum absolute atomic E-state index is 0.00481. The van der Waals surface area contributed by atoms with Crippen LogP contribution in [0.5, 0.6) is 0 Å². The van der Waals surface area contributed by atoms with E-state index in [9.17, 15) is 5.11 Å². The van der Waals surface area contributed by atoms with E-state index in [4.69, 9.17) is 0 Å². The van der Waals surface area contributed by atoms with Crippen LogP contribution in [0.1, 0.15) is 40.5 Å². The van der Waals surface area contributed by atoms with Gasteiger partial charge in [-0.2, -0.15) is 0 Å². The molecule has 0 spiro atoms. The van der Waals surface area contributed by atoms with Gasteiger partial charge in [0.1, 0.15) is 0 Å². The van der Waals surface area contributed by atoms with E-state index in [-0.39, 0.29) is 11.5 Å². The summed E-state index contributed by atoms with van der Waals surface area (Å²) in [5, 5.41) is 14.6. The fourth-order valence-corrected chi connectivity index (χ4v) is 10.4. The third-order valence-electron chi connectivity index (χ3n) is 7.52. The molecule has 1 aliphatic carbocycles. The van der Waals surface area contributed by atoms with Crippen molar-refractivity contribution in [3.05, 3.63) is 126 Å². The average Bonchev–Trinajstić information content (AvgIpc) is 2.85. The van der Waals surface area contributed by atoms with E-state index in [0.717, 1.165) is 19.0 Å². The van der Waals surface area contributed by atoms with Gasteiger partial charge in [-0.15, -0.1) is 0 Å². The standard InChI is InChI=1S/C33H39OP/c1-26(20-21-32-27(2)24-28(34)25-33(32,3)4)22-23-35(29-14-8-5-9-15-29,30-16-10-6-11-17-30)31-18-12-7-13-19-31/h5-22,28,34-35H,23-25H2,1-4H3/b21-20+,26-22+/t28-/m0/s1. The molecule has 0 radical (unpaired) electrons. The fraction of sp³-hybridized carbons (Fsp3) is 0.273. The summed E-state index contributed by atoms with van der Waals surface area (Å²) >= 11 is 0. The third kappa shape index (κ3) is 5.58. The van der Waals surface area contributed by atoms with E-state index in [2.05, 4.69) is 137 Å². The fourth-order valence-electron chi connectivity index (χ4n) is 5.80. The molecule has 35 heavy (non-hydrogen) atoms. The first kappa shape index (κ1) is 25.4. The van der Waals surface area contributed by atoms with Crippen LogP contribution in [0.15, 0.2) is 126 Å². The van der Waals surface area contributed by atoms with Crippen molar-refractivity contribution in [2.24, 2.45) is 5.41 Å². The van der Waals surface area contributed by atoms with Crippen molar-refractivity contribution >= 4 is 23.2 Å². The molecule has 182 valence electrons. The Morgan fingerprint density at radius 2 is 1.31 bits per heavy atom. The Morgan fingerprint density at radius 3 is 1.74 bits per heavy atom. The summed E-state index contributed by atoms with van der Waals surface area (Å²) in [5.41, 5.74) is 3.95. The van der Waals surface area contributed by atoms with Crippen molar-refractivity contribution < 1.29 is 5.11 Å². The SMILES string of the molecule is CC1=C(/C=C/C(C)=C/C[PH](c2ccccc2)(c2ccccc2)c2ccccc2)C(C)(C)C[C@@H](O)C1. The van der Waals surface area contributed by atoms with Crippen LogP contribution in [0.4, 0.5) is 0 Å². The molecule has 1 atom stereocenters. The predicted octanol–water partition coefficient (Wildman–Crippen LogP) is 6.71. The van der Waals surface area contributed by atoms with Crippen LogP contribution < -0.4 is 15.9 Å². The van der Waals surface area contributed by atoms with E-state index < -0.39 is 7.26 Å². The number of benzene rings is 3. The topological polar surface area (TPSA) is 20.2 Å². The van der Waals surface area contributed by atoms with Crippen LogP contribution in [0.25, 0.3) is 0 Å². The number of aliphatic hydroxyl groups is 1. The zero-order valence-corrected chi connectivity index (χ0v) is 22.5. The number of allylic oxidation sites excluding steroid dienone is 5. The minimum atomic E-state index is -2.26. The summed E-state index contributed by atoms with van der Waals surface area (Å²) < 4.78 is 0. The Morgan fingerprint density at radius 1 is 0.857 bits per heavy atom. The molecular formula is C33H39OP. The van der Waals surface area contributed by atoms with Gasteiger partial charge in [-0.25, -0.2) is 0 Å². The molecule has 0 fully saturated rings. The van der Waals surface area contributed by atoms with E-state index in [0.29, 0.717) is 0 Å². The molecule has 3 aromatic rings. The molecule has 4 rings (SSSR count). The first-order valence-corrected chi connectivity index (χ1v) is 14.9. The van der Waals surface area contributed by atoms with Crippen LogP contribution in [0.3, 0.4) is 0 Å². The molecule has 1 nitrogen and oxygen atoms in total. The van der Waals surface area contributed by atoms with Gasteiger partial charge in [-0.1, -0.05) is 0 Å². The molecule has 0 unspecified atom stereocenters. The van der Waals surface area contributed by atoms with Gasteiger partial charge in [0.05, 0.1) is 0 Å². The first-order chi connectivity index (χ1) is 16.8. The van der Waals surface area contributed by atoms with Crippen molar-refractivity contribution in [3.8, 4) is 0 Å². The predicted molar refractivity (Wildman–Crippen MR) is 156 cm³/mol. The molecule has 3 aromatic carbocycles. The van der Waals surface area contributed by atoms with Crippen molar-refractivity contribution in [2.45, 2.75) is 46.6 Å². The Balaban J connectivity index is 1.76. The quantitative estimate of drug-likeness (QED) is 0.293. The van der Waals surface area contributed by atoms with Gasteiger partial charge in [0, 0.05) is 0 Å². The van der Waals surface area contributed by atoms with Gasteiger partial charge in [0.25, 0.3) is 0 Å². The molecule has 0 bridgehead atoms. The van der Waals surface area contributed by atoms with Crippen molar-refractivity contribution in [1.82, 2.24) is 0 Å². The van der Waals surface area contributed by atoms with Crippen molar-refractivity contribution in [2.75, 3.05) is 6.16 Å². The Bertz CT molecular complexity index is 1110. The number of aliphatic hydroxyl groups excluding tert-OH is 1. The van der Waals surface area contributed by atoms with Gasteiger partial charge >= 0.3 is 212 Å². The molecule has 0 amide bonds. The molecule has 2 heteroatoms. The monoisotopic (exact) mass is 482 g/mol.